The monoisotopic (exact) mass is 367 g/mol. The minimum atomic E-state index is -0.320. The molecule has 0 bridgehead atoms. The number of benzene rings is 2. The highest BCUT2D eigenvalue weighted by Crippen LogP contribution is 2.21. The van der Waals surface area contributed by atoms with Crippen LogP contribution in [0.2, 0.25) is 0 Å². The molecule has 4 nitrogen and oxygen atoms in total. The fraction of sp³-hybridized carbons (Fsp3) is 0.348. The lowest BCUT2D eigenvalue weighted by Crippen LogP contribution is -2.27. The van der Waals surface area contributed by atoms with Crippen LogP contribution >= 0.6 is 0 Å². The molecule has 0 saturated heterocycles. The number of amides is 1. The summed E-state index contributed by atoms with van der Waals surface area (Å²) in [5.74, 6) is 0.948. The zero-order chi connectivity index (χ0) is 19.6. The van der Waals surface area contributed by atoms with Crippen LogP contribution in [0.5, 0.6) is 5.75 Å². The van der Waals surface area contributed by atoms with Gasteiger partial charge in [-0.05, 0) is 42.5 Å². The van der Waals surface area contributed by atoms with E-state index in [9.17, 15) is 9.90 Å². The summed E-state index contributed by atoms with van der Waals surface area (Å²) < 4.78 is 5.79. The van der Waals surface area contributed by atoms with Crippen molar-refractivity contribution in [2.24, 2.45) is 5.92 Å². The van der Waals surface area contributed by atoms with E-state index in [1.165, 1.54) is 0 Å². The van der Waals surface area contributed by atoms with Gasteiger partial charge in [0.15, 0.2) is 0 Å². The van der Waals surface area contributed by atoms with Crippen molar-refractivity contribution in [3.63, 3.8) is 0 Å². The highest BCUT2D eigenvalue weighted by Gasteiger charge is 2.16. The Morgan fingerprint density at radius 2 is 1.78 bits per heavy atom. The predicted molar refractivity (Wildman–Crippen MR) is 110 cm³/mol. The number of aliphatic hydroxyl groups excluding tert-OH is 1. The lowest BCUT2D eigenvalue weighted by molar-refractivity contribution is -0.116. The Balaban J connectivity index is 1.99. The lowest BCUT2D eigenvalue weighted by Gasteiger charge is -2.16. The molecule has 2 N–H and O–H groups in total. The maximum absolute atomic E-state index is 12.6. The van der Waals surface area contributed by atoms with Crippen molar-refractivity contribution >= 4 is 11.5 Å². The second-order valence-corrected chi connectivity index (χ2v) is 6.88. The highest BCUT2D eigenvalue weighted by molar-refractivity contribution is 6.19. The van der Waals surface area contributed by atoms with Crippen LogP contribution in [-0.2, 0) is 4.79 Å². The summed E-state index contributed by atoms with van der Waals surface area (Å²) in [6.45, 7) is 6.92. The summed E-state index contributed by atoms with van der Waals surface area (Å²) >= 11 is 0. The van der Waals surface area contributed by atoms with Gasteiger partial charge in [-0.3, -0.25) is 4.79 Å². The van der Waals surface area contributed by atoms with Gasteiger partial charge in [-0.15, -0.1) is 0 Å². The summed E-state index contributed by atoms with van der Waals surface area (Å²) in [4.78, 5) is 12.6. The molecule has 1 unspecified atom stereocenters. The van der Waals surface area contributed by atoms with Crippen LogP contribution in [0.15, 0.2) is 60.9 Å². The van der Waals surface area contributed by atoms with E-state index >= 15 is 0 Å². The summed E-state index contributed by atoms with van der Waals surface area (Å²) in [6, 6.07) is 16.8. The first kappa shape index (κ1) is 20.6. The number of nitrogens with one attached hydrogen (secondary N) is 1. The Hall–Kier alpha value is -2.75. The molecule has 0 aromatic heterocycles. The fourth-order valence-corrected chi connectivity index (χ4v) is 2.91. The Kier molecular flexibility index (Phi) is 7.93. The van der Waals surface area contributed by atoms with Crippen LogP contribution in [0, 0.1) is 5.92 Å². The van der Waals surface area contributed by atoms with Crippen LogP contribution < -0.4 is 10.1 Å². The molecule has 2 aromatic carbocycles. The lowest BCUT2D eigenvalue weighted by atomic mass is 10.0. The Morgan fingerprint density at radius 1 is 1.11 bits per heavy atom. The first-order valence-electron chi connectivity index (χ1n) is 9.48. The van der Waals surface area contributed by atoms with Gasteiger partial charge in [0.2, 0.25) is 0 Å². The Labute approximate surface area is 161 Å². The maximum atomic E-state index is 12.6. The molecule has 2 aromatic rings. The van der Waals surface area contributed by atoms with E-state index in [1.54, 1.807) is 12.1 Å². The quantitative estimate of drug-likeness (QED) is 0.468. The number of hydrogen-bond acceptors (Lipinski definition) is 3. The number of ether oxygens (including phenoxy) is 1. The van der Waals surface area contributed by atoms with E-state index in [4.69, 9.17) is 4.74 Å². The first-order valence-corrected chi connectivity index (χ1v) is 9.48. The van der Waals surface area contributed by atoms with Crippen molar-refractivity contribution in [1.82, 2.24) is 5.32 Å². The summed E-state index contributed by atoms with van der Waals surface area (Å²) in [7, 11) is 0. The average Bonchev–Trinajstić information content (AvgIpc) is 2.69. The largest absolute Gasteiger partial charge is 0.515 e. The molecule has 27 heavy (non-hydrogen) atoms. The van der Waals surface area contributed by atoms with Gasteiger partial charge in [-0.25, -0.2) is 0 Å². The number of carbonyl (C=O) groups excluding carboxylic acids is 1. The van der Waals surface area contributed by atoms with Crippen molar-refractivity contribution in [2.75, 3.05) is 6.61 Å². The van der Waals surface area contributed by atoms with E-state index in [1.807, 2.05) is 49.4 Å². The van der Waals surface area contributed by atoms with Crippen LogP contribution in [0.1, 0.15) is 50.8 Å². The summed E-state index contributed by atoms with van der Waals surface area (Å²) in [6.07, 6.45) is 3.13. The first-order chi connectivity index (χ1) is 13.0. The molecular formula is C23H29NO3. The van der Waals surface area contributed by atoms with Gasteiger partial charge in [0.05, 0.1) is 24.5 Å². The van der Waals surface area contributed by atoms with Crippen LogP contribution in [0.4, 0.5) is 0 Å². The molecule has 4 heteroatoms. The van der Waals surface area contributed by atoms with Crippen molar-refractivity contribution in [1.29, 1.82) is 0 Å². The molecular weight excluding hydrogens is 338 g/mol. The third-order valence-electron chi connectivity index (χ3n) is 4.50. The standard InChI is InChI=1S/C23H29NO3/c1-4-8-17(2)16-27-21-13-11-20(12-14-21)22(15-25)23(26)24-18(3)19-9-6-5-7-10-19/h5-7,9-15,17-18,25H,4,8,16H2,1-3H3,(H,24,26)/t17?,18-/m1/s1. The molecule has 0 saturated carbocycles. The van der Waals surface area contributed by atoms with Crippen molar-refractivity contribution in [2.45, 2.75) is 39.7 Å². The molecule has 0 spiro atoms. The minimum Gasteiger partial charge on any atom is -0.515 e. The third-order valence-corrected chi connectivity index (χ3v) is 4.50. The molecule has 0 aliphatic rings. The van der Waals surface area contributed by atoms with Crippen molar-refractivity contribution < 1.29 is 14.6 Å². The molecule has 0 fully saturated rings. The zero-order valence-electron chi connectivity index (χ0n) is 16.3. The zero-order valence-corrected chi connectivity index (χ0v) is 16.3. The normalized spacial score (nSPS) is 13.7. The van der Waals surface area contributed by atoms with E-state index in [-0.39, 0.29) is 17.5 Å². The minimum absolute atomic E-state index is 0.156. The van der Waals surface area contributed by atoms with Gasteiger partial charge in [0.1, 0.15) is 5.75 Å². The third kappa shape index (κ3) is 6.17. The van der Waals surface area contributed by atoms with Crippen LogP contribution in [-0.4, -0.2) is 17.6 Å². The SMILES string of the molecule is CCCC(C)COc1ccc(C(=CO)C(=O)N[C@H](C)c2ccccc2)cc1. The van der Waals surface area contributed by atoms with Crippen LogP contribution in [0.3, 0.4) is 0 Å². The molecule has 0 aliphatic carbocycles. The number of rotatable bonds is 9. The average molecular weight is 367 g/mol. The van der Waals surface area contributed by atoms with Crippen molar-refractivity contribution in [3.8, 4) is 5.75 Å². The number of carbonyl (C=O) groups is 1. The molecule has 2 atom stereocenters. The summed E-state index contributed by atoms with van der Waals surface area (Å²) in [5.41, 5.74) is 1.88. The van der Waals surface area contributed by atoms with Crippen molar-refractivity contribution in [3.05, 3.63) is 72.0 Å². The number of hydrogen-bond donors (Lipinski definition) is 2. The Bertz CT molecular complexity index is 738. The molecule has 144 valence electrons. The van der Waals surface area contributed by atoms with E-state index < -0.39 is 0 Å². The Morgan fingerprint density at radius 3 is 2.37 bits per heavy atom. The second kappa shape index (κ2) is 10.4. The van der Waals surface area contributed by atoms with Crippen LogP contribution in [0.25, 0.3) is 5.57 Å². The van der Waals surface area contributed by atoms with Gasteiger partial charge in [0, 0.05) is 0 Å². The topological polar surface area (TPSA) is 58.6 Å². The smallest absolute Gasteiger partial charge is 0.255 e. The number of aliphatic hydroxyl groups is 1. The molecule has 0 aliphatic heterocycles. The molecule has 1 amide bonds. The molecule has 0 heterocycles. The molecule has 0 radical (unpaired) electrons. The highest BCUT2D eigenvalue weighted by atomic mass is 16.5. The van der Waals surface area contributed by atoms with Gasteiger partial charge < -0.3 is 15.2 Å². The van der Waals surface area contributed by atoms with Gasteiger partial charge >= 0.3 is 0 Å². The van der Waals surface area contributed by atoms with Gasteiger partial charge in [-0.2, -0.15) is 0 Å². The van der Waals surface area contributed by atoms with E-state index in [0.717, 1.165) is 30.4 Å². The molecule has 2 rings (SSSR count). The predicted octanol–water partition coefficient (Wildman–Crippen LogP) is 5.28. The van der Waals surface area contributed by atoms with Gasteiger partial charge in [0.25, 0.3) is 5.91 Å². The fourth-order valence-electron chi connectivity index (χ4n) is 2.91. The maximum Gasteiger partial charge on any atom is 0.255 e. The van der Waals surface area contributed by atoms with Gasteiger partial charge in [-0.1, -0.05) is 62.7 Å². The summed E-state index contributed by atoms with van der Waals surface area (Å²) in [5, 5.41) is 12.5. The van der Waals surface area contributed by atoms with E-state index in [0.29, 0.717) is 18.1 Å². The van der Waals surface area contributed by atoms with E-state index in [2.05, 4.69) is 19.2 Å². The second-order valence-electron chi connectivity index (χ2n) is 6.88.